The van der Waals surface area contributed by atoms with Gasteiger partial charge in [-0.2, -0.15) is 0 Å². The maximum Gasteiger partial charge on any atom is 0.410 e. The molecule has 2 rings (SSSR count). The second-order valence-corrected chi connectivity index (χ2v) is 6.63. The number of carbonyl (C=O) groups excluding carboxylic acids is 1. The Balaban J connectivity index is 2.18. The summed E-state index contributed by atoms with van der Waals surface area (Å²) < 4.78 is 5.02. The summed E-state index contributed by atoms with van der Waals surface area (Å²) in [5, 5.41) is 3.32. The van der Waals surface area contributed by atoms with Crippen molar-refractivity contribution in [3.8, 4) is 0 Å². The van der Waals surface area contributed by atoms with Crippen molar-refractivity contribution in [1.82, 2.24) is 9.88 Å². The molecular weight excluding hydrogens is 254 g/mol. The number of carbonyl (C=O) groups is 1. The average molecular weight is 277 g/mol. The summed E-state index contributed by atoms with van der Waals surface area (Å²) in [5.41, 5.74) is 0.555. The molecule has 1 fully saturated rings. The van der Waals surface area contributed by atoms with Crippen LogP contribution in [0, 0.1) is 0 Å². The van der Waals surface area contributed by atoms with E-state index in [-0.39, 0.29) is 11.6 Å². The molecule has 0 unspecified atom stereocenters. The minimum Gasteiger partial charge on any atom is -0.448 e. The van der Waals surface area contributed by atoms with Gasteiger partial charge < -0.3 is 10.1 Å². The molecule has 1 aromatic heterocycles. The number of cyclic esters (lactones) is 1. The van der Waals surface area contributed by atoms with Crippen molar-refractivity contribution >= 4 is 11.9 Å². The number of anilines is 1. The van der Waals surface area contributed by atoms with E-state index in [9.17, 15) is 4.79 Å². The van der Waals surface area contributed by atoms with Gasteiger partial charge in [0.1, 0.15) is 12.4 Å². The van der Waals surface area contributed by atoms with Gasteiger partial charge in [-0.1, -0.05) is 6.07 Å². The molecule has 0 aromatic carbocycles. The fourth-order valence-corrected chi connectivity index (χ4v) is 2.27. The molecule has 5 nitrogen and oxygen atoms in total. The van der Waals surface area contributed by atoms with Crippen LogP contribution in [0.15, 0.2) is 18.3 Å². The molecule has 1 saturated heterocycles. The third-order valence-corrected chi connectivity index (χ3v) is 3.41. The number of nitrogens with one attached hydrogen (secondary N) is 1. The van der Waals surface area contributed by atoms with Crippen LogP contribution in [-0.2, 0) is 10.3 Å². The van der Waals surface area contributed by atoms with E-state index in [1.54, 1.807) is 4.90 Å². The quantitative estimate of drug-likeness (QED) is 0.923. The number of amides is 1. The Morgan fingerprint density at radius 3 is 2.40 bits per heavy atom. The van der Waals surface area contributed by atoms with Crippen LogP contribution in [0.5, 0.6) is 0 Å². The number of nitrogens with zero attached hydrogens (tertiary/aromatic N) is 2. The van der Waals surface area contributed by atoms with Crippen LogP contribution in [0.25, 0.3) is 0 Å². The maximum atomic E-state index is 11.7. The first-order valence-corrected chi connectivity index (χ1v) is 6.89. The predicted molar refractivity (Wildman–Crippen MR) is 78.7 cm³/mol. The van der Waals surface area contributed by atoms with E-state index in [4.69, 9.17) is 4.74 Å². The lowest BCUT2D eigenvalue weighted by molar-refractivity contribution is 0.125. The molecule has 5 heteroatoms. The zero-order chi connectivity index (χ0) is 15.0. The van der Waals surface area contributed by atoms with Gasteiger partial charge in [-0.15, -0.1) is 0 Å². The van der Waals surface area contributed by atoms with Crippen molar-refractivity contribution in [2.75, 3.05) is 18.5 Å². The Morgan fingerprint density at radius 2 is 1.95 bits per heavy atom. The highest BCUT2D eigenvalue weighted by atomic mass is 16.6. The maximum absolute atomic E-state index is 11.7. The number of hydrogen-bond acceptors (Lipinski definition) is 4. The number of aromatic nitrogens is 1. The van der Waals surface area contributed by atoms with Gasteiger partial charge >= 0.3 is 6.09 Å². The summed E-state index contributed by atoms with van der Waals surface area (Å²) in [7, 11) is 0. The van der Waals surface area contributed by atoms with Crippen molar-refractivity contribution in [1.29, 1.82) is 0 Å². The van der Waals surface area contributed by atoms with E-state index in [1.807, 2.05) is 32.2 Å². The molecule has 1 N–H and O–H groups in total. The highest BCUT2D eigenvalue weighted by Crippen LogP contribution is 2.30. The van der Waals surface area contributed by atoms with Crippen molar-refractivity contribution in [2.24, 2.45) is 0 Å². The lowest BCUT2D eigenvalue weighted by Crippen LogP contribution is -2.42. The van der Waals surface area contributed by atoms with Gasteiger partial charge in [0, 0.05) is 11.7 Å². The highest BCUT2D eigenvalue weighted by molar-refractivity contribution is 5.70. The van der Waals surface area contributed by atoms with E-state index in [0.29, 0.717) is 13.2 Å². The molecule has 2 heterocycles. The van der Waals surface area contributed by atoms with Crippen LogP contribution in [0.2, 0.25) is 0 Å². The SMILES string of the molecule is CC(C)(C)Nc1ccc(C(C)(C)N2CCOC2=O)cn1. The van der Waals surface area contributed by atoms with Gasteiger partial charge in [-0.25, -0.2) is 9.78 Å². The molecular formula is C15H23N3O2. The smallest absolute Gasteiger partial charge is 0.410 e. The minimum absolute atomic E-state index is 0.0250. The van der Waals surface area contributed by atoms with Crippen LogP contribution >= 0.6 is 0 Å². The van der Waals surface area contributed by atoms with Gasteiger partial charge in [0.25, 0.3) is 0 Å². The molecule has 1 aromatic rings. The van der Waals surface area contributed by atoms with Gasteiger partial charge in [-0.05, 0) is 46.2 Å². The van der Waals surface area contributed by atoms with E-state index < -0.39 is 5.54 Å². The molecule has 1 amide bonds. The van der Waals surface area contributed by atoms with Crippen molar-refractivity contribution in [3.05, 3.63) is 23.9 Å². The zero-order valence-corrected chi connectivity index (χ0v) is 12.9. The Hall–Kier alpha value is -1.78. The molecule has 1 aliphatic rings. The third kappa shape index (κ3) is 3.03. The molecule has 110 valence electrons. The molecule has 0 bridgehead atoms. The summed E-state index contributed by atoms with van der Waals surface area (Å²) in [4.78, 5) is 17.9. The minimum atomic E-state index is -0.416. The molecule has 0 spiro atoms. The number of ether oxygens (including phenoxy) is 1. The Bertz CT molecular complexity index is 489. The number of rotatable bonds is 3. The molecule has 0 radical (unpaired) electrons. The van der Waals surface area contributed by atoms with Crippen LogP contribution in [0.4, 0.5) is 10.6 Å². The van der Waals surface area contributed by atoms with E-state index in [2.05, 4.69) is 31.1 Å². The monoisotopic (exact) mass is 277 g/mol. The zero-order valence-electron chi connectivity index (χ0n) is 12.9. The van der Waals surface area contributed by atoms with Crippen LogP contribution < -0.4 is 5.32 Å². The molecule has 0 atom stereocenters. The number of hydrogen-bond donors (Lipinski definition) is 1. The first kappa shape index (κ1) is 14.6. The fourth-order valence-electron chi connectivity index (χ4n) is 2.27. The van der Waals surface area contributed by atoms with Gasteiger partial charge in [0.05, 0.1) is 12.1 Å². The summed E-state index contributed by atoms with van der Waals surface area (Å²) in [6.45, 7) is 11.4. The van der Waals surface area contributed by atoms with Crippen LogP contribution in [0.3, 0.4) is 0 Å². The van der Waals surface area contributed by atoms with Crippen LogP contribution in [0.1, 0.15) is 40.2 Å². The lowest BCUT2D eigenvalue weighted by atomic mass is 9.94. The Kier molecular flexibility index (Phi) is 3.63. The fraction of sp³-hybridized carbons (Fsp3) is 0.600. The second kappa shape index (κ2) is 4.96. The van der Waals surface area contributed by atoms with E-state index >= 15 is 0 Å². The topological polar surface area (TPSA) is 54.5 Å². The van der Waals surface area contributed by atoms with Crippen molar-refractivity contribution in [3.63, 3.8) is 0 Å². The van der Waals surface area contributed by atoms with Crippen LogP contribution in [-0.4, -0.2) is 34.7 Å². The third-order valence-electron chi connectivity index (χ3n) is 3.41. The van der Waals surface area contributed by atoms with Gasteiger partial charge in [0.2, 0.25) is 0 Å². The largest absolute Gasteiger partial charge is 0.448 e. The summed E-state index contributed by atoms with van der Waals surface area (Å²) in [6, 6.07) is 3.95. The molecule has 1 aliphatic heterocycles. The molecule has 0 aliphatic carbocycles. The van der Waals surface area contributed by atoms with Gasteiger partial charge in [0.15, 0.2) is 0 Å². The Labute approximate surface area is 120 Å². The average Bonchev–Trinajstić information content (AvgIpc) is 2.74. The van der Waals surface area contributed by atoms with E-state index in [1.165, 1.54) is 0 Å². The van der Waals surface area contributed by atoms with Gasteiger partial charge in [-0.3, -0.25) is 4.90 Å². The summed E-state index contributed by atoms with van der Waals surface area (Å²) in [6.07, 6.45) is 1.56. The predicted octanol–water partition coefficient (Wildman–Crippen LogP) is 2.98. The molecule has 0 saturated carbocycles. The Morgan fingerprint density at radius 1 is 1.25 bits per heavy atom. The summed E-state index contributed by atoms with van der Waals surface area (Å²) >= 11 is 0. The first-order valence-electron chi connectivity index (χ1n) is 6.89. The van der Waals surface area contributed by atoms with Crippen molar-refractivity contribution in [2.45, 2.75) is 45.7 Å². The first-order chi connectivity index (χ1) is 9.20. The lowest BCUT2D eigenvalue weighted by Gasteiger charge is -2.33. The molecule has 20 heavy (non-hydrogen) atoms. The normalized spacial score (nSPS) is 16.2. The number of pyridine rings is 1. The highest BCUT2D eigenvalue weighted by Gasteiger charge is 2.37. The van der Waals surface area contributed by atoms with Crippen molar-refractivity contribution < 1.29 is 9.53 Å². The standard InChI is InChI=1S/C15H23N3O2/c1-14(2,3)17-12-7-6-11(10-16-12)15(4,5)18-8-9-20-13(18)19/h6-7,10H,8-9H2,1-5H3,(H,16,17). The van der Waals surface area contributed by atoms with E-state index in [0.717, 1.165) is 11.4 Å². The second-order valence-electron chi connectivity index (χ2n) is 6.63. The summed E-state index contributed by atoms with van der Waals surface area (Å²) in [5.74, 6) is 0.834.